The van der Waals surface area contributed by atoms with E-state index < -0.39 is 12.0 Å². The van der Waals surface area contributed by atoms with Crippen molar-refractivity contribution in [1.29, 1.82) is 0 Å². The van der Waals surface area contributed by atoms with Crippen LogP contribution in [0.3, 0.4) is 0 Å². The number of rotatable bonds is 0. The zero-order valence-electron chi connectivity index (χ0n) is 6.34. The second kappa shape index (κ2) is 2.87. The molecule has 0 aromatic heterocycles. The molecule has 13 heavy (non-hydrogen) atoms. The summed E-state index contributed by atoms with van der Waals surface area (Å²) in [7, 11) is 0. The predicted molar refractivity (Wildman–Crippen MR) is 50.1 cm³/mol. The van der Waals surface area contributed by atoms with Gasteiger partial charge in [-0.1, -0.05) is 29.3 Å². The Morgan fingerprint density at radius 1 is 1.38 bits per heavy atom. The highest BCUT2D eigenvalue weighted by atomic mass is 35.5. The molecule has 1 aromatic rings. The maximum atomic E-state index is 11.0. The van der Waals surface area contributed by atoms with Gasteiger partial charge in [-0.15, -0.1) is 0 Å². The molecule has 1 aromatic carbocycles. The topological polar surface area (TPSA) is 49.3 Å². The van der Waals surface area contributed by atoms with Gasteiger partial charge in [-0.05, 0) is 6.07 Å². The minimum atomic E-state index is -1.13. The molecule has 0 aliphatic carbocycles. The number of aliphatic hydroxyl groups is 1. The van der Waals surface area contributed by atoms with Crippen LogP contribution in [-0.2, 0) is 4.79 Å². The molecule has 2 N–H and O–H groups in total. The molecule has 0 unspecified atom stereocenters. The summed E-state index contributed by atoms with van der Waals surface area (Å²) in [6, 6.07) is 3.12. The Morgan fingerprint density at radius 2 is 2.08 bits per heavy atom. The molecule has 3 nitrogen and oxygen atoms in total. The summed E-state index contributed by atoms with van der Waals surface area (Å²) in [5.41, 5.74) is 0.881. The van der Waals surface area contributed by atoms with Crippen LogP contribution >= 0.6 is 23.2 Å². The fourth-order valence-corrected chi connectivity index (χ4v) is 1.63. The highest BCUT2D eigenvalue weighted by molar-refractivity contribution is 6.44. The van der Waals surface area contributed by atoms with Crippen molar-refractivity contribution in [2.75, 3.05) is 5.32 Å². The summed E-state index contributed by atoms with van der Waals surface area (Å²) >= 11 is 11.5. The molecule has 5 heteroatoms. The Hall–Kier alpha value is -0.770. The third-order valence-corrected chi connectivity index (χ3v) is 2.72. The number of hydrogen-bond acceptors (Lipinski definition) is 2. The van der Waals surface area contributed by atoms with E-state index in [2.05, 4.69) is 5.32 Å². The van der Waals surface area contributed by atoms with Crippen LogP contribution in [-0.4, -0.2) is 11.0 Å². The van der Waals surface area contributed by atoms with Crippen LogP contribution in [0.25, 0.3) is 0 Å². The molecule has 1 heterocycles. The molecule has 0 saturated heterocycles. The van der Waals surface area contributed by atoms with Crippen LogP contribution in [0.4, 0.5) is 5.69 Å². The highest BCUT2D eigenvalue weighted by Gasteiger charge is 2.30. The largest absolute Gasteiger partial charge is 0.378 e. The number of carbonyl (C=O) groups excluding carboxylic acids is 1. The second-order valence-electron chi connectivity index (χ2n) is 2.72. The molecule has 0 spiro atoms. The van der Waals surface area contributed by atoms with Crippen molar-refractivity contribution in [2.24, 2.45) is 0 Å². The highest BCUT2D eigenvalue weighted by Crippen LogP contribution is 2.40. The number of carbonyl (C=O) groups is 1. The van der Waals surface area contributed by atoms with Gasteiger partial charge < -0.3 is 10.4 Å². The lowest BCUT2D eigenvalue weighted by atomic mass is 10.1. The third kappa shape index (κ3) is 1.20. The summed E-state index contributed by atoms with van der Waals surface area (Å²) in [4.78, 5) is 11.0. The molecule has 1 amide bonds. The monoisotopic (exact) mass is 217 g/mol. The van der Waals surface area contributed by atoms with Gasteiger partial charge >= 0.3 is 0 Å². The zero-order chi connectivity index (χ0) is 9.59. The van der Waals surface area contributed by atoms with E-state index in [1.165, 1.54) is 0 Å². The molecule has 0 radical (unpaired) electrons. The first-order valence-corrected chi connectivity index (χ1v) is 4.33. The van der Waals surface area contributed by atoms with E-state index >= 15 is 0 Å². The number of benzene rings is 1. The maximum Gasteiger partial charge on any atom is 0.257 e. The molecule has 68 valence electrons. The smallest absolute Gasteiger partial charge is 0.257 e. The first-order chi connectivity index (χ1) is 6.11. The minimum absolute atomic E-state index is 0.268. The van der Waals surface area contributed by atoms with Crippen LogP contribution in [0.5, 0.6) is 0 Å². The number of amides is 1. The molecular formula is C8H5Cl2NO2. The number of hydrogen-bond donors (Lipinski definition) is 2. The van der Waals surface area contributed by atoms with Crippen molar-refractivity contribution in [3.8, 4) is 0 Å². The maximum absolute atomic E-state index is 11.0. The average Bonchev–Trinajstić information content (AvgIpc) is 2.38. The Morgan fingerprint density at radius 3 is 2.77 bits per heavy atom. The lowest BCUT2D eigenvalue weighted by Gasteiger charge is -2.03. The standard InChI is InChI=1S/C8H5Cl2NO2/c9-4-2-1-3-6(5(4)10)11-8(13)7(3)12/h1-2,7,12H,(H,11,13)/t7-/m0/s1. The predicted octanol–water partition coefficient (Wildman–Crippen LogP) is 1.98. The Balaban J connectivity index is 2.64. The minimum Gasteiger partial charge on any atom is -0.378 e. The van der Waals surface area contributed by atoms with Crippen molar-refractivity contribution in [3.05, 3.63) is 27.7 Å². The summed E-state index contributed by atoms with van der Waals surface area (Å²) < 4.78 is 0. The van der Waals surface area contributed by atoms with Crippen molar-refractivity contribution in [2.45, 2.75) is 6.10 Å². The average molecular weight is 218 g/mol. The lowest BCUT2D eigenvalue weighted by Crippen LogP contribution is -2.10. The van der Waals surface area contributed by atoms with Crippen molar-refractivity contribution in [3.63, 3.8) is 0 Å². The van der Waals surface area contributed by atoms with Gasteiger partial charge in [0.05, 0.1) is 15.7 Å². The lowest BCUT2D eigenvalue weighted by molar-refractivity contribution is -0.123. The number of aliphatic hydroxyl groups excluding tert-OH is 1. The Kier molecular flexibility index (Phi) is 1.95. The van der Waals surface area contributed by atoms with Gasteiger partial charge in [-0.25, -0.2) is 0 Å². The van der Waals surface area contributed by atoms with Crippen LogP contribution in [0.1, 0.15) is 11.7 Å². The van der Waals surface area contributed by atoms with E-state index in [-0.39, 0.29) is 5.02 Å². The van der Waals surface area contributed by atoms with Gasteiger partial charge in [0.15, 0.2) is 6.10 Å². The molecular weight excluding hydrogens is 213 g/mol. The van der Waals surface area contributed by atoms with Gasteiger partial charge in [-0.2, -0.15) is 0 Å². The SMILES string of the molecule is O=C1Nc2c(ccc(Cl)c2Cl)[C@@H]1O. The van der Waals surface area contributed by atoms with E-state index in [9.17, 15) is 9.90 Å². The van der Waals surface area contributed by atoms with Crippen LogP contribution < -0.4 is 5.32 Å². The van der Waals surface area contributed by atoms with E-state index in [0.29, 0.717) is 16.3 Å². The van der Waals surface area contributed by atoms with Crippen LogP contribution in [0.15, 0.2) is 12.1 Å². The van der Waals surface area contributed by atoms with Gasteiger partial charge in [0, 0.05) is 5.56 Å². The van der Waals surface area contributed by atoms with Gasteiger partial charge in [-0.3, -0.25) is 4.79 Å². The summed E-state index contributed by atoms with van der Waals surface area (Å²) in [5, 5.41) is 12.4. The van der Waals surface area contributed by atoms with E-state index in [4.69, 9.17) is 23.2 Å². The Bertz CT molecular complexity index is 392. The third-order valence-electron chi connectivity index (χ3n) is 1.92. The van der Waals surface area contributed by atoms with Gasteiger partial charge in [0.2, 0.25) is 0 Å². The first kappa shape index (κ1) is 8.81. The van der Waals surface area contributed by atoms with Gasteiger partial charge in [0.25, 0.3) is 5.91 Å². The first-order valence-electron chi connectivity index (χ1n) is 3.58. The molecule has 1 aliphatic heterocycles. The number of nitrogens with one attached hydrogen (secondary N) is 1. The van der Waals surface area contributed by atoms with Crippen molar-refractivity contribution in [1.82, 2.24) is 0 Å². The fourth-order valence-electron chi connectivity index (χ4n) is 1.25. The number of halogens is 2. The summed E-state index contributed by atoms with van der Waals surface area (Å²) in [6.45, 7) is 0. The molecule has 1 atom stereocenters. The van der Waals surface area contributed by atoms with E-state index in [0.717, 1.165) is 0 Å². The molecule has 0 saturated carbocycles. The molecule has 1 aliphatic rings. The second-order valence-corrected chi connectivity index (χ2v) is 3.50. The van der Waals surface area contributed by atoms with E-state index in [1.807, 2.05) is 0 Å². The van der Waals surface area contributed by atoms with Crippen LogP contribution in [0.2, 0.25) is 10.0 Å². The number of fused-ring (bicyclic) bond motifs is 1. The van der Waals surface area contributed by atoms with Crippen molar-refractivity contribution < 1.29 is 9.90 Å². The molecule has 0 fully saturated rings. The van der Waals surface area contributed by atoms with E-state index in [1.54, 1.807) is 12.1 Å². The van der Waals surface area contributed by atoms with Crippen LogP contribution in [0, 0.1) is 0 Å². The quantitative estimate of drug-likeness (QED) is 0.699. The molecule has 2 rings (SSSR count). The summed E-state index contributed by atoms with van der Waals surface area (Å²) in [6.07, 6.45) is -1.13. The Labute approximate surface area is 84.3 Å². The summed E-state index contributed by atoms with van der Waals surface area (Å²) in [5.74, 6) is -0.473. The van der Waals surface area contributed by atoms with Crippen molar-refractivity contribution >= 4 is 34.8 Å². The normalized spacial score (nSPS) is 19.9. The van der Waals surface area contributed by atoms with Gasteiger partial charge in [0.1, 0.15) is 0 Å². The number of anilines is 1. The fraction of sp³-hybridized carbons (Fsp3) is 0.125. The zero-order valence-corrected chi connectivity index (χ0v) is 7.86. The molecule has 0 bridgehead atoms.